The fourth-order valence-corrected chi connectivity index (χ4v) is 5.98. The number of carboxylic acids is 1. The molecule has 2 aliphatic heterocycles. The zero-order valence-electron chi connectivity index (χ0n) is 17.8. The van der Waals surface area contributed by atoms with Crippen LogP contribution in [-0.2, 0) is 22.4 Å². The number of halogens is 2. The number of hydrogen-bond donors (Lipinski definition) is 2. The Bertz CT molecular complexity index is 994. The Balaban J connectivity index is 1.38. The van der Waals surface area contributed by atoms with Gasteiger partial charge in [0.2, 0.25) is 5.91 Å². The molecule has 0 spiro atoms. The molecule has 2 aliphatic rings. The predicted octanol–water partition coefficient (Wildman–Crippen LogP) is 5.00. The van der Waals surface area contributed by atoms with E-state index in [2.05, 4.69) is 49.3 Å². The average molecular weight is 565 g/mol. The highest BCUT2D eigenvalue weighted by atomic mass is 79.9. The van der Waals surface area contributed by atoms with Crippen LogP contribution in [0.3, 0.4) is 0 Å². The van der Waals surface area contributed by atoms with Gasteiger partial charge in [0.1, 0.15) is 5.82 Å². The SMILES string of the molecule is O=C(O)C[C@H](C(=O)N1CC[C@@H](CCc2ccc3c(n2)NCCC3)C1)c1cc(Br)cc(Br)c1. The summed E-state index contributed by atoms with van der Waals surface area (Å²) < 4.78 is 1.63. The monoisotopic (exact) mass is 563 g/mol. The van der Waals surface area contributed by atoms with Gasteiger partial charge in [0.25, 0.3) is 0 Å². The summed E-state index contributed by atoms with van der Waals surface area (Å²) in [6, 6.07) is 9.85. The first kappa shape index (κ1) is 23.2. The summed E-state index contributed by atoms with van der Waals surface area (Å²) >= 11 is 6.89. The van der Waals surface area contributed by atoms with Crippen LogP contribution in [-0.4, -0.2) is 46.5 Å². The third kappa shape index (κ3) is 5.70. The lowest BCUT2D eigenvalue weighted by molar-refractivity contribution is -0.141. The second-order valence-electron chi connectivity index (χ2n) is 8.67. The Morgan fingerprint density at radius 1 is 1.22 bits per heavy atom. The molecule has 3 heterocycles. The van der Waals surface area contributed by atoms with E-state index in [1.807, 2.05) is 23.1 Å². The summed E-state index contributed by atoms with van der Waals surface area (Å²) in [5.74, 6) is -0.329. The van der Waals surface area contributed by atoms with Crippen molar-refractivity contribution in [1.82, 2.24) is 9.88 Å². The van der Waals surface area contributed by atoms with Crippen LogP contribution in [0.1, 0.15) is 48.4 Å². The highest BCUT2D eigenvalue weighted by Crippen LogP contribution is 2.31. The molecule has 170 valence electrons. The number of nitrogens with one attached hydrogen (secondary N) is 1. The lowest BCUT2D eigenvalue weighted by Crippen LogP contribution is -2.34. The van der Waals surface area contributed by atoms with Crippen molar-refractivity contribution in [3.05, 3.63) is 56.1 Å². The van der Waals surface area contributed by atoms with Crippen LogP contribution in [0.5, 0.6) is 0 Å². The van der Waals surface area contributed by atoms with Crippen molar-refractivity contribution >= 4 is 49.6 Å². The molecular weight excluding hydrogens is 538 g/mol. The zero-order chi connectivity index (χ0) is 22.7. The lowest BCUT2D eigenvalue weighted by atomic mass is 9.94. The number of carboxylic acid groups (broad SMARTS) is 1. The van der Waals surface area contributed by atoms with Crippen LogP contribution in [0, 0.1) is 5.92 Å². The number of hydrogen-bond acceptors (Lipinski definition) is 4. The number of nitrogens with zero attached hydrogens (tertiary/aromatic N) is 2. The molecule has 1 aromatic heterocycles. The minimum atomic E-state index is -0.970. The van der Waals surface area contributed by atoms with Crippen molar-refractivity contribution in [2.45, 2.75) is 44.4 Å². The number of carbonyl (C=O) groups is 2. The third-order valence-electron chi connectivity index (χ3n) is 6.32. The Labute approximate surface area is 205 Å². The Kier molecular flexibility index (Phi) is 7.51. The lowest BCUT2D eigenvalue weighted by Gasteiger charge is -2.23. The molecule has 32 heavy (non-hydrogen) atoms. The first-order valence-electron chi connectivity index (χ1n) is 11.1. The van der Waals surface area contributed by atoms with E-state index in [4.69, 9.17) is 4.98 Å². The third-order valence-corrected chi connectivity index (χ3v) is 7.24. The number of anilines is 1. The van der Waals surface area contributed by atoms with Gasteiger partial charge in [-0.25, -0.2) is 4.98 Å². The second-order valence-corrected chi connectivity index (χ2v) is 10.5. The molecule has 2 aromatic rings. The van der Waals surface area contributed by atoms with Gasteiger partial charge >= 0.3 is 5.97 Å². The van der Waals surface area contributed by atoms with Gasteiger partial charge in [0, 0.05) is 34.3 Å². The maximum absolute atomic E-state index is 13.3. The van der Waals surface area contributed by atoms with Crippen LogP contribution in [0.4, 0.5) is 5.82 Å². The van der Waals surface area contributed by atoms with E-state index < -0.39 is 11.9 Å². The van der Waals surface area contributed by atoms with Crippen LogP contribution in [0.2, 0.25) is 0 Å². The largest absolute Gasteiger partial charge is 0.481 e. The smallest absolute Gasteiger partial charge is 0.304 e. The van der Waals surface area contributed by atoms with Crippen molar-refractivity contribution < 1.29 is 14.7 Å². The van der Waals surface area contributed by atoms with E-state index in [9.17, 15) is 14.7 Å². The number of likely N-dealkylation sites (tertiary alicyclic amines) is 1. The molecule has 2 N–H and O–H groups in total. The average Bonchev–Trinajstić information content (AvgIpc) is 3.24. The summed E-state index contributed by atoms with van der Waals surface area (Å²) in [4.78, 5) is 31.4. The number of carbonyl (C=O) groups excluding carboxylic acids is 1. The van der Waals surface area contributed by atoms with Crippen molar-refractivity contribution in [2.24, 2.45) is 5.92 Å². The summed E-state index contributed by atoms with van der Waals surface area (Å²) in [7, 11) is 0. The normalized spacial score (nSPS) is 18.7. The van der Waals surface area contributed by atoms with Crippen molar-refractivity contribution in [2.75, 3.05) is 25.0 Å². The molecular formula is C24H27Br2N3O3. The molecule has 2 atom stereocenters. The predicted molar refractivity (Wildman–Crippen MR) is 131 cm³/mol. The van der Waals surface area contributed by atoms with Gasteiger partial charge in [-0.15, -0.1) is 0 Å². The number of benzene rings is 1. The van der Waals surface area contributed by atoms with E-state index in [0.29, 0.717) is 24.6 Å². The number of fused-ring (bicyclic) bond motifs is 1. The molecule has 1 aromatic carbocycles. The van der Waals surface area contributed by atoms with Crippen molar-refractivity contribution in [3.8, 4) is 0 Å². The first-order chi connectivity index (χ1) is 15.4. The van der Waals surface area contributed by atoms with Gasteiger partial charge in [-0.1, -0.05) is 37.9 Å². The van der Waals surface area contributed by atoms with Crippen LogP contribution >= 0.6 is 31.9 Å². The zero-order valence-corrected chi connectivity index (χ0v) is 21.0. The molecule has 0 saturated carbocycles. The van der Waals surface area contributed by atoms with E-state index in [0.717, 1.165) is 59.1 Å². The molecule has 0 aliphatic carbocycles. The fourth-order valence-electron chi connectivity index (χ4n) is 4.65. The van der Waals surface area contributed by atoms with Gasteiger partial charge < -0.3 is 15.3 Å². The van der Waals surface area contributed by atoms with Gasteiger partial charge in [-0.3, -0.25) is 9.59 Å². The first-order valence-corrected chi connectivity index (χ1v) is 12.7. The van der Waals surface area contributed by atoms with Gasteiger partial charge in [0.05, 0.1) is 12.3 Å². The van der Waals surface area contributed by atoms with Crippen LogP contribution < -0.4 is 5.32 Å². The molecule has 8 heteroatoms. The van der Waals surface area contributed by atoms with Gasteiger partial charge in [-0.2, -0.15) is 0 Å². The highest BCUT2D eigenvalue weighted by molar-refractivity contribution is 9.11. The fraction of sp³-hybridized carbons (Fsp3) is 0.458. The number of aliphatic carboxylic acids is 1. The van der Waals surface area contributed by atoms with Crippen LogP contribution in [0.15, 0.2) is 39.3 Å². The molecule has 1 saturated heterocycles. The standard InChI is InChI=1S/C24H27Br2N3O3/c25-18-10-17(11-19(26)12-18)21(13-22(30)31)24(32)29-9-7-15(14-29)3-5-20-6-4-16-2-1-8-27-23(16)28-20/h4,6,10-12,15,21H,1-3,5,7-9,13-14H2,(H,27,28)(H,30,31)/t15-,21+/m1/s1. The number of rotatable bonds is 7. The maximum Gasteiger partial charge on any atom is 0.304 e. The quantitative estimate of drug-likeness (QED) is 0.494. The minimum absolute atomic E-state index is 0.101. The Morgan fingerprint density at radius 2 is 2.00 bits per heavy atom. The number of pyridine rings is 1. The second kappa shape index (κ2) is 10.3. The highest BCUT2D eigenvalue weighted by Gasteiger charge is 2.33. The summed E-state index contributed by atoms with van der Waals surface area (Å²) in [5, 5.41) is 12.8. The van der Waals surface area contributed by atoms with E-state index >= 15 is 0 Å². The maximum atomic E-state index is 13.3. The molecule has 6 nitrogen and oxygen atoms in total. The molecule has 0 bridgehead atoms. The molecule has 1 fully saturated rings. The van der Waals surface area contributed by atoms with E-state index in [1.165, 1.54) is 5.56 Å². The summed E-state index contributed by atoms with van der Waals surface area (Å²) in [5.41, 5.74) is 3.10. The summed E-state index contributed by atoms with van der Waals surface area (Å²) in [6.07, 6.45) is 4.83. The molecule has 1 amide bonds. The van der Waals surface area contributed by atoms with Gasteiger partial charge in [-0.05, 0) is 73.4 Å². The molecule has 4 rings (SSSR count). The van der Waals surface area contributed by atoms with Gasteiger partial charge in [0.15, 0.2) is 0 Å². The minimum Gasteiger partial charge on any atom is -0.481 e. The Hall–Kier alpha value is -1.93. The number of aryl methyl sites for hydroxylation is 2. The van der Waals surface area contributed by atoms with Crippen molar-refractivity contribution in [1.29, 1.82) is 0 Å². The number of aromatic nitrogens is 1. The number of amides is 1. The van der Waals surface area contributed by atoms with E-state index in [-0.39, 0.29) is 12.3 Å². The van der Waals surface area contributed by atoms with Crippen LogP contribution in [0.25, 0.3) is 0 Å². The molecule has 0 radical (unpaired) electrons. The topological polar surface area (TPSA) is 82.5 Å². The molecule has 0 unspecified atom stereocenters. The summed E-state index contributed by atoms with van der Waals surface area (Å²) in [6.45, 7) is 2.33. The van der Waals surface area contributed by atoms with E-state index in [1.54, 1.807) is 0 Å². The Morgan fingerprint density at radius 3 is 2.75 bits per heavy atom. The van der Waals surface area contributed by atoms with Crippen molar-refractivity contribution in [3.63, 3.8) is 0 Å².